The second kappa shape index (κ2) is 8.60. The van der Waals surface area contributed by atoms with Crippen molar-refractivity contribution >= 4 is 44.4 Å². The van der Waals surface area contributed by atoms with Crippen LogP contribution < -0.4 is 0 Å². The van der Waals surface area contributed by atoms with Crippen molar-refractivity contribution in [3.8, 4) is 22.9 Å². The van der Waals surface area contributed by atoms with E-state index < -0.39 is 0 Å². The Bertz CT molecular complexity index is 2330. The smallest absolute Gasteiger partial charge is 0.135 e. The van der Waals surface area contributed by atoms with Gasteiger partial charge in [-0.1, -0.05) is 80.6 Å². The molecule has 0 bridgehead atoms. The molecule has 5 aromatic carbocycles. The van der Waals surface area contributed by atoms with Crippen molar-refractivity contribution in [1.29, 1.82) is 5.26 Å². The maximum absolute atomic E-state index is 9.91. The molecule has 0 N–H and O–H groups in total. The van der Waals surface area contributed by atoms with E-state index >= 15 is 0 Å². The molecule has 7 aromatic rings. The maximum atomic E-state index is 9.91. The highest BCUT2D eigenvalue weighted by Crippen LogP contribution is 2.51. The molecule has 3 nitrogen and oxygen atoms in total. The second-order valence-corrected chi connectivity index (χ2v) is 12.4. The van der Waals surface area contributed by atoms with Crippen LogP contribution in [0.5, 0.6) is 0 Å². The minimum Gasteiger partial charge on any atom is -0.460 e. The van der Waals surface area contributed by atoms with Gasteiger partial charge in [0.25, 0.3) is 0 Å². The van der Waals surface area contributed by atoms with E-state index in [1.54, 1.807) is 0 Å². The number of benzene rings is 5. The molecule has 2 aliphatic carbocycles. The first-order chi connectivity index (χ1) is 21.0. The number of aryl methyl sites for hydroxylation is 1. The quantitative estimate of drug-likeness (QED) is 0.214. The number of aromatic nitrogens is 1. The summed E-state index contributed by atoms with van der Waals surface area (Å²) < 4.78 is 8.88. The van der Waals surface area contributed by atoms with Crippen molar-refractivity contribution in [3.05, 3.63) is 137 Å². The molecule has 3 heteroatoms. The van der Waals surface area contributed by atoms with Crippen LogP contribution in [0.1, 0.15) is 53.8 Å². The Hall–Kier alpha value is -5.33. The van der Waals surface area contributed by atoms with E-state index in [0.717, 1.165) is 46.5 Å². The minimum atomic E-state index is -0.0614. The number of furan rings is 1. The Morgan fingerprint density at radius 1 is 0.698 bits per heavy atom. The van der Waals surface area contributed by atoms with Crippen molar-refractivity contribution in [2.24, 2.45) is 0 Å². The fourth-order valence-electron chi connectivity index (χ4n) is 7.65. The number of nitriles is 1. The number of fused-ring (bicyclic) bond motifs is 9. The molecule has 43 heavy (non-hydrogen) atoms. The summed E-state index contributed by atoms with van der Waals surface area (Å²) in [4.78, 5) is 0. The molecular formula is C40H28N2O. The van der Waals surface area contributed by atoms with E-state index in [0.29, 0.717) is 5.56 Å². The van der Waals surface area contributed by atoms with Crippen molar-refractivity contribution in [2.75, 3.05) is 0 Å². The van der Waals surface area contributed by atoms with Crippen LogP contribution in [0.15, 0.2) is 108 Å². The van der Waals surface area contributed by atoms with Crippen LogP contribution >= 0.6 is 0 Å². The van der Waals surface area contributed by atoms with Crippen molar-refractivity contribution in [3.63, 3.8) is 0 Å². The second-order valence-electron chi connectivity index (χ2n) is 12.4. The molecule has 0 saturated heterocycles. The first kappa shape index (κ1) is 24.3. The predicted molar refractivity (Wildman–Crippen MR) is 175 cm³/mol. The van der Waals surface area contributed by atoms with E-state index in [4.69, 9.17) is 4.42 Å². The number of para-hydroxylation sites is 2. The number of hydrogen-bond donors (Lipinski definition) is 0. The lowest BCUT2D eigenvalue weighted by molar-refractivity contribution is 0.546. The first-order valence-electron chi connectivity index (χ1n) is 15.0. The van der Waals surface area contributed by atoms with Crippen molar-refractivity contribution < 1.29 is 4.42 Å². The topological polar surface area (TPSA) is 41.9 Å². The largest absolute Gasteiger partial charge is 0.460 e. The molecule has 9 rings (SSSR count). The highest BCUT2D eigenvalue weighted by molar-refractivity contribution is 6.10. The molecule has 204 valence electrons. The van der Waals surface area contributed by atoms with Gasteiger partial charge in [-0.2, -0.15) is 5.26 Å². The first-order valence-corrected chi connectivity index (χ1v) is 15.0. The third-order valence-electron chi connectivity index (χ3n) is 9.74. The Kier molecular flexibility index (Phi) is 4.86. The summed E-state index contributed by atoms with van der Waals surface area (Å²) in [7, 11) is 0. The van der Waals surface area contributed by atoms with Crippen LogP contribution in [0.3, 0.4) is 0 Å². The van der Waals surface area contributed by atoms with Gasteiger partial charge in [-0.25, -0.2) is 0 Å². The summed E-state index contributed by atoms with van der Waals surface area (Å²) in [5.41, 5.74) is 13.8. The van der Waals surface area contributed by atoms with Crippen LogP contribution in [0.2, 0.25) is 0 Å². The zero-order valence-corrected chi connectivity index (χ0v) is 24.1. The highest BCUT2D eigenvalue weighted by atomic mass is 16.3. The molecule has 0 radical (unpaired) electrons. The summed E-state index contributed by atoms with van der Waals surface area (Å²) in [6.45, 7) is 4.62. The molecule has 0 fully saturated rings. The van der Waals surface area contributed by atoms with Gasteiger partial charge in [0, 0.05) is 39.1 Å². The molecule has 0 spiro atoms. The molecule has 0 aliphatic heterocycles. The highest BCUT2D eigenvalue weighted by Gasteiger charge is 2.36. The summed E-state index contributed by atoms with van der Waals surface area (Å²) in [5, 5.41) is 13.5. The van der Waals surface area contributed by atoms with Crippen LogP contribution in [0.25, 0.3) is 61.2 Å². The van der Waals surface area contributed by atoms with Crippen molar-refractivity contribution in [1.82, 2.24) is 4.57 Å². The zero-order valence-electron chi connectivity index (χ0n) is 24.1. The van der Waals surface area contributed by atoms with Gasteiger partial charge in [-0.05, 0) is 76.7 Å². The van der Waals surface area contributed by atoms with Gasteiger partial charge in [0.05, 0.1) is 28.4 Å². The van der Waals surface area contributed by atoms with Crippen LogP contribution in [0.4, 0.5) is 0 Å². The fourth-order valence-corrected chi connectivity index (χ4v) is 7.65. The van der Waals surface area contributed by atoms with Gasteiger partial charge in [0.2, 0.25) is 0 Å². The Labute approximate surface area is 249 Å². The average molecular weight is 553 g/mol. The van der Waals surface area contributed by atoms with Crippen LogP contribution in [-0.2, 0) is 11.8 Å². The zero-order chi connectivity index (χ0) is 28.9. The number of hydrogen-bond acceptors (Lipinski definition) is 2. The average Bonchev–Trinajstić information content (AvgIpc) is 3.65. The summed E-state index contributed by atoms with van der Waals surface area (Å²) in [6.07, 6.45) is 4.05. The van der Waals surface area contributed by atoms with E-state index in [1.807, 2.05) is 12.1 Å². The number of allylic oxidation sites excluding steroid dienone is 1. The third-order valence-corrected chi connectivity index (χ3v) is 9.74. The lowest BCUT2D eigenvalue weighted by atomic mass is 9.82. The molecule has 0 saturated carbocycles. The molecule has 2 aliphatic rings. The molecule has 2 heterocycles. The van der Waals surface area contributed by atoms with Gasteiger partial charge in [0.1, 0.15) is 11.3 Å². The maximum Gasteiger partial charge on any atom is 0.135 e. The van der Waals surface area contributed by atoms with Crippen molar-refractivity contribution in [2.45, 2.75) is 32.1 Å². The lowest BCUT2D eigenvalue weighted by Gasteiger charge is -2.21. The fraction of sp³-hybridized carbons (Fsp3) is 0.125. The van der Waals surface area contributed by atoms with Gasteiger partial charge in [-0.15, -0.1) is 0 Å². The summed E-state index contributed by atoms with van der Waals surface area (Å²) in [6, 6.07) is 39.0. The Morgan fingerprint density at radius 3 is 2.19 bits per heavy atom. The predicted octanol–water partition coefficient (Wildman–Crippen LogP) is 10.2. The molecule has 0 unspecified atom stereocenters. The van der Waals surface area contributed by atoms with E-state index in [1.165, 1.54) is 49.5 Å². The lowest BCUT2D eigenvalue weighted by Crippen LogP contribution is -2.14. The Morgan fingerprint density at radius 2 is 1.42 bits per heavy atom. The van der Waals surface area contributed by atoms with Gasteiger partial charge in [-0.3, -0.25) is 0 Å². The van der Waals surface area contributed by atoms with Gasteiger partial charge < -0.3 is 8.98 Å². The normalized spacial score (nSPS) is 14.9. The van der Waals surface area contributed by atoms with Crippen LogP contribution in [-0.4, -0.2) is 4.57 Å². The van der Waals surface area contributed by atoms with E-state index in [-0.39, 0.29) is 5.41 Å². The van der Waals surface area contributed by atoms with Gasteiger partial charge >= 0.3 is 0 Å². The molecule has 2 aromatic heterocycles. The third kappa shape index (κ3) is 3.29. The van der Waals surface area contributed by atoms with Gasteiger partial charge in [0.15, 0.2) is 0 Å². The number of nitrogens with zero attached hydrogens (tertiary/aromatic N) is 2. The SMILES string of the molecule is CC1(C)c2ccccc2-c2cc3c4c(oc3cc21)CCC(c1ccc(C#N)cc1-n1c2ccccc2c2ccccc21)=C4. The molecule has 0 amide bonds. The van der Waals surface area contributed by atoms with E-state index in [2.05, 4.69) is 122 Å². The number of rotatable bonds is 2. The standard InChI is InChI=1S/C40H28N2O/c1-40(2)33-12-6-3-9-27(33)30-21-32-31-20-25(16-18-38(31)43-39(32)22-34(30)40)26-17-15-24(23-41)19-37(26)42-35-13-7-4-10-28(35)29-11-5-8-14-36(29)42/h3-15,17,19-22H,16,18H2,1-2H3. The monoisotopic (exact) mass is 552 g/mol. The summed E-state index contributed by atoms with van der Waals surface area (Å²) in [5.74, 6) is 1.06. The van der Waals surface area contributed by atoms with Crippen LogP contribution in [0, 0.1) is 11.3 Å². The molecular weight excluding hydrogens is 524 g/mol. The summed E-state index contributed by atoms with van der Waals surface area (Å²) >= 11 is 0. The van der Waals surface area contributed by atoms with E-state index in [9.17, 15) is 5.26 Å². The minimum absolute atomic E-state index is 0.0614. The molecule has 0 atom stereocenters. The Balaban J connectivity index is 1.28.